The van der Waals surface area contributed by atoms with Crippen LogP contribution in [0.15, 0.2) is 0 Å². The fraction of sp³-hybridized carbons (Fsp3) is 1.00. The molecule has 0 heterocycles. The summed E-state index contributed by atoms with van der Waals surface area (Å²) in [5.41, 5.74) is 0. The first-order chi connectivity index (χ1) is 8.83. The quantitative estimate of drug-likeness (QED) is 0.747. The van der Waals surface area contributed by atoms with Crippen LogP contribution in [0.1, 0.15) is 52.4 Å². The Kier molecular flexibility index (Phi) is 6.73. The average Bonchev–Trinajstić information content (AvgIpc) is 2.36. The predicted octanol–water partition coefficient (Wildman–Crippen LogP) is 1.49. The molecule has 1 saturated carbocycles. The number of aliphatic hydroxyl groups excluding tert-OH is 1. The van der Waals surface area contributed by atoms with E-state index in [2.05, 4.69) is 4.72 Å². The van der Waals surface area contributed by atoms with Gasteiger partial charge in [0.2, 0.25) is 0 Å². The van der Waals surface area contributed by atoms with Crippen molar-refractivity contribution in [2.75, 3.05) is 13.6 Å². The molecule has 0 amide bonds. The normalized spacial score (nSPS) is 20.1. The van der Waals surface area contributed by atoms with E-state index in [1.54, 1.807) is 7.05 Å². The van der Waals surface area contributed by atoms with Crippen molar-refractivity contribution in [1.82, 2.24) is 9.03 Å². The molecule has 0 spiro atoms. The second-order valence-corrected chi connectivity index (χ2v) is 7.76. The van der Waals surface area contributed by atoms with Crippen LogP contribution in [0.2, 0.25) is 0 Å². The lowest BCUT2D eigenvalue weighted by Crippen LogP contribution is -2.46. The van der Waals surface area contributed by atoms with Crippen LogP contribution in [0, 0.1) is 5.92 Å². The second-order valence-electron chi connectivity index (χ2n) is 5.94. The molecule has 114 valence electrons. The van der Waals surface area contributed by atoms with Crippen LogP contribution in [0.3, 0.4) is 0 Å². The van der Waals surface area contributed by atoms with Crippen molar-refractivity contribution in [1.29, 1.82) is 0 Å². The third kappa shape index (κ3) is 5.77. The Balaban J connectivity index is 2.45. The van der Waals surface area contributed by atoms with Gasteiger partial charge in [-0.3, -0.25) is 0 Å². The van der Waals surface area contributed by atoms with Crippen molar-refractivity contribution in [3.05, 3.63) is 0 Å². The van der Waals surface area contributed by atoms with Crippen molar-refractivity contribution in [3.8, 4) is 0 Å². The summed E-state index contributed by atoms with van der Waals surface area (Å²) in [5, 5.41) is 9.73. The maximum absolute atomic E-state index is 12.1. The predicted molar refractivity (Wildman–Crippen MR) is 77.0 cm³/mol. The zero-order valence-electron chi connectivity index (χ0n) is 12.3. The van der Waals surface area contributed by atoms with E-state index in [9.17, 15) is 13.5 Å². The molecule has 0 aromatic carbocycles. The van der Waals surface area contributed by atoms with Crippen LogP contribution in [0.25, 0.3) is 0 Å². The van der Waals surface area contributed by atoms with Crippen molar-refractivity contribution in [2.45, 2.75) is 64.5 Å². The van der Waals surface area contributed by atoms with Gasteiger partial charge in [-0.1, -0.05) is 33.1 Å². The second kappa shape index (κ2) is 7.57. The van der Waals surface area contributed by atoms with Gasteiger partial charge in [0, 0.05) is 19.6 Å². The van der Waals surface area contributed by atoms with Gasteiger partial charge < -0.3 is 5.11 Å². The summed E-state index contributed by atoms with van der Waals surface area (Å²) in [6.45, 7) is 4.11. The number of aliphatic hydroxyl groups is 1. The largest absolute Gasteiger partial charge is 0.392 e. The molecule has 1 aliphatic rings. The van der Waals surface area contributed by atoms with Gasteiger partial charge in [0.1, 0.15) is 0 Å². The van der Waals surface area contributed by atoms with Crippen LogP contribution in [0.4, 0.5) is 0 Å². The van der Waals surface area contributed by atoms with E-state index < -0.39 is 16.3 Å². The number of hydrogen-bond donors (Lipinski definition) is 2. The first-order valence-electron chi connectivity index (χ1n) is 7.23. The van der Waals surface area contributed by atoms with E-state index in [0.29, 0.717) is 12.3 Å². The molecule has 19 heavy (non-hydrogen) atoms. The number of hydrogen-bond acceptors (Lipinski definition) is 3. The molecular formula is C13H28N2O3S. The minimum Gasteiger partial charge on any atom is -0.392 e. The smallest absolute Gasteiger partial charge is 0.279 e. The molecule has 1 rings (SSSR count). The summed E-state index contributed by atoms with van der Waals surface area (Å²) < 4.78 is 28.2. The molecule has 0 bridgehead atoms. The van der Waals surface area contributed by atoms with Gasteiger partial charge >= 0.3 is 0 Å². The molecule has 0 saturated heterocycles. The number of rotatable bonds is 7. The van der Waals surface area contributed by atoms with Crippen molar-refractivity contribution >= 4 is 10.2 Å². The Hall–Kier alpha value is -0.170. The van der Waals surface area contributed by atoms with Crippen LogP contribution in [0.5, 0.6) is 0 Å². The average molecular weight is 292 g/mol. The van der Waals surface area contributed by atoms with Gasteiger partial charge in [-0.25, -0.2) is 0 Å². The zero-order chi connectivity index (χ0) is 14.5. The fourth-order valence-corrected chi connectivity index (χ4v) is 3.78. The molecule has 5 nitrogen and oxygen atoms in total. The number of nitrogens with one attached hydrogen (secondary N) is 1. The van der Waals surface area contributed by atoms with E-state index in [0.717, 1.165) is 25.7 Å². The molecular weight excluding hydrogens is 264 g/mol. The van der Waals surface area contributed by atoms with E-state index >= 15 is 0 Å². The highest BCUT2D eigenvalue weighted by atomic mass is 32.2. The first-order valence-corrected chi connectivity index (χ1v) is 8.67. The molecule has 1 unspecified atom stereocenters. The van der Waals surface area contributed by atoms with Gasteiger partial charge in [-0.05, 0) is 25.2 Å². The fourth-order valence-electron chi connectivity index (χ4n) is 2.57. The molecule has 1 fully saturated rings. The van der Waals surface area contributed by atoms with Crippen molar-refractivity contribution in [3.63, 3.8) is 0 Å². The molecule has 0 aliphatic heterocycles. The topological polar surface area (TPSA) is 69.6 Å². The highest BCUT2D eigenvalue weighted by Gasteiger charge is 2.27. The maximum atomic E-state index is 12.1. The van der Waals surface area contributed by atoms with Gasteiger partial charge in [0.25, 0.3) is 10.2 Å². The van der Waals surface area contributed by atoms with Crippen LogP contribution >= 0.6 is 0 Å². The lowest BCUT2D eigenvalue weighted by Gasteiger charge is -2.30. The van der Waals surface area contributed by atoms with Gasteiger partial charge in [-0.15, -0.1) is 0 Å². The highest BCUT2D eigenvalue weighted by molar-refractivity contribution is 7.87. The Labute approximate surface area is 117 Å². The molecule has 0 aromatic rings. The lowest BCUT2D eigenvalue weighted by atomic mass is 9.96. The Morgan fingerprint density at radius 1 is 1.26 bits per heavy atom. The van der Waals surface area contributed by atoms with Gasteiger partial charge in [0.15, 0.2) is 0 Å². The van der Waals surface area contributed by atoms with E-state index in [4.69, 9.17) is 0 Å². The molecule has 2 N–H and O–H groups in total. The Morgan fingerprint density at radius 2 is 1.84 bits per heavy atom. The first kappa shape index (κ1) is 16.9. The summed E-state index contributed by atoms with van der Waals surface area (Å²) >= 11 is 0. The van der Waals surface area contributed by atoms with E-state index in [1.807, 2.05) is 13.8 Å². The molecule has 0 aromatic heterocycles. The third-order valence-electron chi connectivity index (χ3n) is 3.71. The van der Waals surface area contributed by atoms with E-state index in [1.165, 1.54) is 10.7 Å². The Morgan fingerprint density at radius 3 is 2.37 bits per heavy atom. The van der Waals surface area contributed by atoms with E-state index in [-0.39, 0.29) is 12.6 Å². The summed E-state index contributed by atoms with van der Waals surface area (Å²) in [4.78, 5) is 0. The summed E-state index contributed by atoms with van der Waals surface area (Å²) in [5.74, 6) is 0.357. The third-order valence-corrected chi connectivity index (χ3v) is 5.30. The van der Waals surface area contributed by atoms with Crippen molar-refractivity contribution in [2.24, 2.45) is 5.92 Å². The van der Waals surface area contributed by atoms with Crippen LogP contribution in [-0.4, -0.2) is 43.6 Å². The number of nitrogens with zero attached hydrogens (tertiary/aromatic N) is 1. The molecule has 1 atom stereocenters. The summed E-state index contributed by atoms with van der Waals surface area (Å²) in [6, 6.07) is 0.105. The van der Waals surface area contributed by atoms with Gasteiger partial charge in [0.05, 0.1) is 6.10 Å². The van der Waals surface area contributed by atoms with Crippen molar-refractivity contribution < 1.29 is 13.5 Å². The summed E-state index contributed by atoms with van der Waals surface area (Å²) in [7, 11) is -1.84. The minimum absolute atomic E-state index is 0.0948. The molecule has 0 radical (unpaired) electrons. The zero-order valence-corrected chi connectivity index (χ0v) is 13.1. The Bertz CT molecular complexity index is 351. The highest BCUT2D eigenvalue weighted by Crippen LogP contribution is 2.22. The van der Waals surface area contributed by atoms with Gasteiger partial charge in [-0.2, -0.15) is 17.4 Å². The minimum atomic E-state index is -3.47. The molecule has 1 aliphatic carbocycles. The lowest BCUT2D eigenvalue weighted by molar-refractivity contribution is 0.151. The summed E-state index contributed by atoms with van der Waals surface area (Å²) in [6.07, 6.45) is 5.26. The SMILES string of the molecule is CC(C)CC(O)CNS(=O)(=O)N(C)C1CCCCC1. The molecule has 6 heteroatoms. The monoisotopic (exact) mass is 292 g/mol. The standard InChI is InChI=1S/C13H28N2O3S/c1-11(2)9-13(16)10-14-19(17,18)15(3)12-7-5-4-6-8-12/h11-14,16H,4-10H2,1-3H3. The maximum Gasteiger partial charge on any atom is 0.279 e. The van der Waals surface area contributed by atoms with Crippen LogP contribution in [-0.2, 0) is 10.2 Å². The van der Waals surface area contributed by atoms with Crippen LogP contribution < -0.4 is 4.72 Å².